The molecule has 2 unspecified atom stereocenters. The lowest BCUT2D eigenvalue weighted by Crippen LogP contribution is -2.54. The van der Waals surface area contributed by atoms with E-state index in [-0.39, 0.29) is 12.1 Å². The van der Waals surface area contributed by atoms with E-state index in [1.807, 2.05) is 6.92 Å². The van der Waals surface area contributed by atoms with Crippen molar-refractivity contribution in [2.45, 2.75) is 45.2 Å². The van der Waals surface area contributed by atoms with Crippen LogP contribution in [0.25, 0.3) is 0 Å². The molecule has 0 aromatic heterocycles. The van der Waals surface area contributed by atoms with Crippen LogP contribution < -0.4 is 5.32 Å². The van der Waals surface area contributed by atoms with Gasteiger partial charge in [-0.05, 0) is 32.3 Å². The summed E-state index contributed by atoms with van der Waals surface area (Å²) >= 11 is 0. The molecule has 126 valence electrons. The normalized spacial score (nSPS) is 23.2. The summed E-state index contributed by atoms with van der Waals surface area (Å²) in [6.45, 7) is 3.42. The minimum Gasteiger partial charge on any atom is -0.481 e. The predicted molar refractivity (Wildman–Crippen MR) is 84.1 cm³/mol. The van der Waals surface area contributed by atoms with Gasteiger partial charge in [-0.3, -0.25) is 9.59 Å². The zero-order valence-electron chi connectivity index (χ0n) is 13.1. The average Bonchev–Trinajstić information content (AvgIpc) is 2.48. The molecule has 1 rings (SSSR count). The quantitative estimate of drug-likeness (QED) is 0.185. The summed E-state index contributed by atoms with van der Waals surface area (Å²) in [5.41, 5.74) is 0.293. The van der Waals surface area contributed by atoms with E-state index in [0.29, 0.717) is 18.4 Å². The van der Waals surface area contributed by atoms with Crippen molar-refractivity contribution in [1.82, 2.24) is 5.32 Å². The minimum absolute atomic E-state index is 0.164. The van der Waals surface area contributed by atoms with E-state index in [1.54, 1.807) is 25.2 Å². The van der Waals surface area contributed by atoms with E-state index in [9.17, 15) is 14.6 Å². The monoisotopic (exact) mass is 324 g/mol. The molecule has 4 N–H and O–H groups in total. The molecule has 0 radical (unpaired) electrons. The summed E-state index contributed by atoms with van der Waals surface area (Å²) in [6.07, 6.45) is 5.05. The third-order valence-electron chi connectivity index (χ3n) is 3.42. The maximum absolute atomic E-state index is 12.1. The van der Waals surface area contributed by atoms with Crippen LogP contribution in [0, 0.1) is 0 Å². The summed E-state index contributed by atoms with van der Waals surface area (Å²) in [5, 5.41) is 33.1. The number of carbonyl (C=O) groups excluding carboxylic acids is 1. The molecular formula is C14H21BN2O6. The van der Waals surface area contributed by atoms with Gasteiger partial charge in [0.1, 0.15) is 0 Å². The van der Waals surface area contributed by atoms with Crippen molar-refractivity contribution >= 4 is 24.7 Å². The van der Waals surface area contributed by atoms with E-state index in [2.05, 4.69) is 10.5 Å². The number of allylic oxidation sites excluding steroid dienone is 3. The predicted octanol–water partition coefficient (Wildman–Crippen LogP) is 0.497. The van der Waals surface area contributed by atoms with Crippen LogP contribution in [0.3, 0.4) is 0 Å². The van der Waals surface area contributed by atoms with Crippen LogP contribution in [-0.4, -0.2) is 52.1 Å². The molecule has 0 saturated carbocycles. The van der Waals surface area contributed by atoms with Gasteiger partial charge in [0.25, 0.3) is 5.91 Å². The molecule has 1 aliphatic rings. The molecule has 8 nitrogen and oxygen atoms in total. The Bertz CT molecular complexity index is 531. The van der Waals surface area contributed by atoms with Gasteiger partial charge in [-0.15, -0.1) is 0 Å². The molecule has 0 aliphatic carbocycles. The summed E-state index contributed by atoms with van der Waals surface area (Å²) in [7, 11) is -1.31. The van der Waals surface area contributed by atoms with Gasteiger partial charge in [0, 0.05) is 0 Å². The number of hydrogen-bond acceptors (Lipinski definition) is 6. The molecule has 1 fully saturated rings. The van der Waals surface area contributed by atoms with Crippen molar-refractivity contribution in [1.29, 1.82) is 0 Å². The fraction of sp³-hybridized carbons (Fsp3) is 0.500. The number of oxime groups is 1. The number of aliphatic carboxylic acids is 1. The van der Waals surface area contributed by atoms with E-state index in [1.165, 1.54) is 0 Å². The molecule has 23 heavy (non-hydrogen) atoms. The number of rotatable bonds is 6. The molecule has 1 saturated heterocycles. The van der Waals surface area contributed by atoms with E-state index < -0.39 is 31.0 Å². The highest BCUT2D eigenvalue weighted by Gasteiger charge is 2.37. The van der Waals surface area contributed by atoms with Gasteiger partial charge in [-0.1, -0.05) is 23.4 Å². The Labute approximate surface area is 134 Å². The largest absolute Gasteiger partial charge is 0.481 e. The Morgan fingerprint density at radius 2 is 2.13 bits per heavy atom. The zero-order chi connectivity index (χ0) is 17.4. The molecule has 1 heterocycles. The van der Waals surface area contributed by atoms with Gasteiger partial charge < -0.3 is 25.3 Å². The molecule has 0 bridgehead atoms. The molecule has 2 atom stereocenters. The Balaban J connectivity index is 2.65. The highest BCUT2D eigenvalue weighted by Crippen LogP contribution is 2.18. The fourth-order valence-electron chi connectivity index (χ4n) is 2.22. The first-order valence-corrected chi connectivity index (χ1v) is 7.27. The molecule has 1 amide bonds. The summed E-state index contributed by atoms with van der Waals surface area (Å²) in [4.78, 5) is 22.8. The molecule has 0 spiro atoms. The smallest absolute Gasteiger partial charge is 0.478 e. The second-order valence-electron chi connectivity index (χ2n) is 5.23. The number of nitrogens with zero attached hydrogens (tertiary/aromatic N) is 1. The summed E-state index contributed by atoms with van der Waals surface area (Å²) < 4.78 is 5.18. The first-order chi connectivity index (χ1) is 10.9. The van der Waals surface area contributed by atoms with Crippen LogP contribution >= 0.6 is 0 Å². The molecule has 0 aromatic rings. The Morgan fingerprint density at radius 1 is 1.43 bits per heavy atom. The van der Waals surface area contributed by atoms with Crippen molar-refractivity contribution < 1.29 is 29.6 Å². The van der Waals surface area contributed by atoms with Gasteiger partial charge in [0.05, 0.1) is 18.5 Å². The topological polar surface area (TPSA) is 128 Å². The van der Waals surface area contributed by atoms with Crippen LogP contribution in [0.4, 0.5) is 0 Å². The van der Waals surface area contributed by atoms with Gasteiger partial charge in [-0.2, -0.15) is 0 Å². The van der Waals surface area contributed by atoms with Crippen LogP contribution in [0.2, 0.25) is 0 Å². The second-order valence-corrected chi connectivity index (χ2v) is 5.23. The molecule has 1 aliphatic heterocycles. The van der Waals surface area contributed by atoms with E-state index >= 15 is 0 Å². The van der Waals surface area contributed by atoms with Crippen molar-refractivity contribution in [3.8, 4) is 0 Å². The Kier molecular flexibility index (Phi) is 7.50. The SMILES string of the molecule is C\C=C/C=C(C)/C(=N/O)C(=O)NC1CCC(CC(=O)O)OB1O. The van der Waals surface area contributed by atoms with Gasteiger partial charge in [-0.25, -0.2) is 0 Å². The number of amides is 1. The van der Waals surface area contributed by atoms with Crippen molar-refractivity contribution in [3.05, 3.63) is 23.8 Å². The third-order valence-corrected chi connectivity index (χ3v) is 3.42. The molecule has 9 heteroatoms. The minimum atomic E-state index is -1.31. The Morgan fingerprint density at radius 3 is 2.65 bits per heavy atom. The lowest BCUT2D eigenvalue weighted by molar-refractivity contribution is -0.139. The number of carboxylic acid groups (broad SMARTS) is 1. The van der Waals surface area contributed by atoms with Crippen LogP contribution in [-0.2, 0) is 14.2 Å². The fourth-order valence-corrected chi connectivity index (χ4v) is 2.22. The number of carbonyl (C=O) groups is 2. The highest BCUT2D eigenvalue weighted by atomic mass is 16.5. The number of hydrogen-bond donors (Lipinski definition) is 4. The maximum atomic E-state index is 12.1. The first kappa shape index (κ1) is 18.9. The van der Waals surface area contributed by atoms with Crippen LogP contribution in [0.15, 0.2) is 29.0 Å². The molecular weight excluding hydrogens is 303 g/mol. The van der Waals surface area contributed by atoms with E-state index in [4.69, 9.17) is 15.0 Å². The van der Waals surface area contributed by atoms with Crippen LogP contribution in [0.5, 0.6) is 0 Å². The lowest BCUT2D eigenvalue weighted by Gasteiger charge is -2.30. The van der Waals surface area contributed by atoms with Gasteiger partial charge >= 0.3 is 13.1 Å². The standard InChI is InChI=1S/C14H21BN2O6/c1-3-4-5-9(2)13(17-22)14(20)16-11-7-6-10(8-12(18)19)23-15(11)21/h3-5,10-11,21-22H,6-8H2,1-2H3,(H,16,20)(H,18,19)/b4-3-,9-5+,17-13-. The summed E-state index contributed by atoms with van der Waals surface area (Å²) in [5.74, 6) is -2.35. The number of nitrogens with one attached hydrogen (secondary N) is 1. The highest BCUT2D eigenvalue weighted by molar-refractivity contribution is 6.49. The first-order valence-electron chi connectivity index (χ1n) is 7.27. The second kappa shape index (κ2) is 9.11. The summed E-state index contributed by atoms with van der Waals surface area (Å²) in [6, 6.07) is 0. The van der Waals surface area contributed by atoms with E-state index in [0.717, 1.165) is 0 Å². The van der Waals surface area contributed by atoms with Gasteiger partial charge in [0.2, 0.25) is 0 Å². The molecule has 0 aromatic carbocycles. The third kappa shape index (κ3) is 5.88. The maximum Gasteiger partial charge on any atom is 0.478 e. The lowest BCUT2D eigenvalue weighted by atomic mass is 9.72. The average molecular weight is 324 g/mol. The van der Waals surface area contributed by atoms with Gasteiger partial charge in [0.15, 0.2) is 5.71 Å². The number of carboxylic acids is 1. The zero-order valence-corrected chi connectivity index (χ0v) is 13.1. The van der Waals surface area contributed by atoms with Crippen molar-refractivity contribution in [3.63, 3.8) is 0 Å². The van der Waals surface area contributed by atoms with Crippen LogP contribution in [0.1, 0.15) is 33.1 Å². The van der Waals surface area contributed by atoms with Crippen molar-refractivity contribution in [2.24, 2.45) is 5.16 Å². The Hall–Kier alpha value is -2.13. The van der Waals surface area contributed by atoms with Crippen molar-refractivity contribution in [2.75, 3.05) is 0 Å².